The van der Waals surface area contributed by atoms with Gasteiger partial charge < -0.3 is 34.3 Å². The van der Waals surface area contributed by atoms with Gasteiger partial charge in [-0.25, -0.2) is 0 Å². The summed E-state index contributed by atoms with van der Waals surface area (Å²) >= 11 is 0. The molecule has 0 spiro atoms. The molecule has 2 aromatic carbocycles. The van der Waals surface area contributed by atoms with E-state index >= 15 is 0 Å². The van der Waals surface area contributed by atoms with Crippen LogP contribution in [0.3, 0.4) is 0 Å². The number of carbonyl (C=O) groups excluding carboxylic acids is 2. The van der Waals surface area contributed by atoms with Gasteiger partial charge in [0.2, 0.25) is 12.7 Å². The maximum Gasteiger partial charge on any atom is 0.255 e. The average molecular weight is 454 g/mol. The van der Waals surface area contributed by atoms with E-state index in [1.807, 2.05) is 12.1 Å². The number of amides is 2. The molecule has 0 unspecified atom stereocenters. The summed E-state index contributed by atoms with van der Waals surface area (Å²) in [7, 11) is 3.42. The first-order chi connectivity index (χ1) is 15.9. The van der Waals surface area contributed by atoms with Gasteiger partial charge in [-0.3, -0.25) is 9.59 Å². The van der Waals surface area contributed by atoms with Crippen LogP contribution in [0.25, 0.3) is 0 Å². The SMILES string of the molecule is CN(C)C(=O)C[C@H]1C[C@H]2c3cc(NC(=O)c4ccc5c(c4)OCO5)ccc3O[C@H]2[C@H](CO)O1. The molecule has 5 rings (SSSR count). The lowest BCUT2D eigenvalue weighted by Gasteiger charge is -2.37. The first-order valence-corrected chi connectivity index (χ1v) is 10.9. The minimum absolute atomic E-state index is 0.0287. The van der Waals surface area contributed by atoms with Crippen molar-refractivity contribution in [2.24, 2.45) is 0 Å². The Balaban J connectivity index is 1.34. The van der Waals surface area contributed by atoms with Crippen LogP contribution in [0.4, 0.5) is 5.69 Å². The molecule has 2 amide bonds. The van der Waals surface area contributed by atoms with Crippen LogP contribution in [0.5, 0.6) is 17.2 Å². The van der Waals surface area contributed by atoms with E-state index in [-0.39, 0.29) is 49.8 Å². The zero-order valence-electron chi connectivity index (χ0n) is 18.4. The van der Waals surface area contributed by atoms with E-state index in [4.69, 9.17) is 18.9 Å². The summed E-state index contributed by atoms with van der Waals surface area (Å²) in [5.41, 5.74) is 2.03. The van der Waals surface area contributed by atoms with Crippen LogP contribution in [0, 0.1) is 0 Å². The molecule has 3 heterocycles. The predicted molar refractivity (Wildman–Crippen MR) is 118 cm³/mol. The van der Waals surface area contributed by atoms with Crippen molar-refractivity contribution in [3.63, 3.8) is 0 Å². The predicted octanol–water partition coefficient (Wildman–Crippen LogP) is 2.14. The van der Waals surface area contributed by atoms with Gasteiger partial charge in [0, 0.05) is 36.8 Å². The number of rotatable bonds is 5. The van der Waals surface area contributed by atoms with E-state index in [1.165, 1.54) is 4.90 Å². The number of fused-ring (bicyclic) bond motifs is 4. The van der Waals surface area contributed by atoms with E-state index in [9.17, 15) is 14.7 Å². The van der Waals surface area contributed by atoms with Crippen LogP contribution in [0.15, 0.2) is 36.4 Å². The van der Waals surface area contributed by atoms with Gasteiger partial charge in [0.05, 0.1) is 19.1 Å². The highest BCUT2D eigenvalue weighted by atomic mass is 16.7. The van der Waals surface area contributed by atoms with Crippen LogP contribution in [0.1, 0.15) is 34.7 Å². The maximum atomic E-state index is 12.8. The lowest BCUT2D eigenvalue weighted by molar-refractivity contribution is -0.147. The molecule has 1 fully saturated rings. The Morgan fingerprint density at radius 1 is 1.09 bits per heavy atom. The first-order valence-electron chi connectivity index (χ1n) is 10.9. The summed E-state index contributed by atoms with van der Waals surface area (Å²) in [4.78, 5) is 26.5. The quantitative estimate of drug-likeness (QED) is 0.713. The number of hydrogen-bond donors (Lipinski definition) is 2. The second-order valence-electron chi connectivity index (χ2n) is 8.67. The highest BCUT2D eigenvalue weighted by Gasteiger charge is 2.46. The molecule has 0 bridgehead atoms. The Labute approximate surface area is 191 Å². The molecule has 0 aromatic heterocycles. The molecule has 1 saturated heterocycles. The topological polar surface area (TPSA) is 107 Å². The van der Waals surface area contributed by atoms with E-state index < -0.39 is 6.10 Å². The zero-order chi connectivity index (χ0) is 23.1. The van der Waals surface area contributed by atoms with Crippen LogP contribution >= 0.6 is 0 Å². The second-order valence-corrected chi connectivity index (χ2v) is 8.67. The molecule has 2 aromatic rings. The normalized spacial score (nSPS) is 24.5. The first kappa shape index (κ1) is 21.5. The molecular formula is C24H26N2O7. The Hall–Kier alpha value is -3.30. The van der Waals surface area contributed by atoms with Crippen LogP contribution in [-0.2, 0) is 9.53 Å². The smallest absolute Gasteiger partial charge is 0.255 e. The van der Waals surface area contributed by atoms with Crippen molar-refractivity contribution in [3.8, 4) is 17.2 Å². The average Bonchev–Trinajstić information content (AvgIpc) is 3.42. The monoisotopic (exact) mass is 454 g/mol. The molecule has 0 aliphatic carbocycles. The van der Waals surface area contributed by atoms with Crippen molar-refractivity contribution in [1.29, 1.82) is 0 Å². The number of aliphatic hydroxyl groups is 1. The van der Waals surface area contributed by atoms with Gasteiger partial charge in [0.15, 0.2) is 11.5 Å². The van der Waals surface area contributed by atoms with Crippen molar-refractivity contribution in [1.82, 2.24) is 4.90 Å². The Morgan fingerprint density at radius 3 is 2.67 bits per heavy atom. The number of aliphatic hydroxyl groups excluding tert-OH is 1. The zero-order valence-corrected chi connectivity index (χ0v) is 18.4. The third-order valence-electron chi connectivity index (χ3n) is 6.29. The summed E-state index contributed by atoms with van der Waals surface area (Å²) in [5, 5.41) is 12.8. The minimum atomic E-state index is -0.525. The number of nitrogens with zero attached hydrogens (tertiary/aromatic N) is 1. The number of nitrogens with one attached hydrogen (secondary N) is 1. The Kier molecular flexibility index (Phi) is 5.59. The molecule has 33 heavy (non-hydrogen) atoms. The molecule has 9 nitrogen and oxygen atoms in total. The van der Waals surface area contributed by atoms with E-state index in [1.54, 1.807) is 38.4 Å². The number of benzene rings is 2. The summed E-state index contributed by atoms with van der Waals surface area (Å²) in [6.45, 7) is -0.0526. The summed E-state index contributed by atoms with van der Waals surface area (Å²) in [5.74, 6) is 1.52. The number of ether oxygens (including phenoxy) is 4. The fourth-order valence-electron chi connectivity index (χ4n) is 4.59. The molecule has 3 aliphatic rings. The van der Waals surface area contributed by atoms with Gasteiger partial charge in [-0.05, 0) is 42.8 Å². The van der Waals surface area contributed by atoms with Gasteiger partial charge in [0.25, 0.3) is 5.91 Å². The van der Waals surface area contributed by atoms with Gasteiger partial charge >= 0.3 is 0 Å². The van der Waals surface area contributed by atoms with Gasteiger partial charge in [0.1, 0.15) is 18.0 Å². The van der Waals surface area contributed by atoms with Crippen LogP contribution in [-0.4, -0.2) is 67.6 Å². The Bertz CT molecular complexity index is 1090. The van der Waals surface area contributed by atoms with Crippen LogP contribution in [0.2, 0.25) is 0 Å². The van der Waals surface area contributed by atoms with Gasteiger partial charge in [-0.15, -0.1) is 0 Å². The second kappa shape index (κ2) is 8.57. The summed E-state index contributed by atoms with van der Waals surface area (Å²) in [6.07, 6.45) is -0.353. The molecule has 3 aliphatic heterocycles. The standard InChI is InChI=1S/C24H26N2O7/c1-26(2)22(28)10-15-9-17-16-8-14(4-6-18(16)33-23(17)21(11-27)32-15)25-24(29)13-3-5-19-20(7-13)31-12-30-19/h3-8,15,17,21,23,27H,9-12H2,1-2H3,(H,25,29)/t15-,17+,21+,23-/m1/s1. The Morgan fingerprint density at radius 2 is 1.88 bits per heavy atom. The highest BCUT2D eigenvalue weighted by Crippen LogP contribution is 2.47. The molecule has 4 atom stereocenters. The number of carbonyl (C=O) groups is 2. The molecule has 0 saturated carbocycles. The van der Waals surface area contributed by atoms with Crippen molar-refractivity contribution in [3.05, 3.63) is 47.5 Å². The highest BCUT2D eigenvalue weighted by molar-refractivity contribution is 6.04. The molecule has 2 N–H and O–H groups in total. The van der Waals surface area contributed by atoms with E-state index in [0.29, 0.717) is 34.9 Å². The number of hydrogen-bond acceptors (Lipinski definition) is 7. The van der Waals surface area contributed by atoms with Crippen molar-refractivity contribution < 1.29 is 33.6 Å². The fourth-order valence-corrected chi connectivity index (χ4v) is 4.59. The summed E-state index contributed by atoms with van der Waals surface area (Å²) in [6, 6.07) is 10.5. The summed E-state index contributed by atoms with van der Waals surface area (Å²) < 4.78 is 22.7. The van der Waals surface area contributed by atoms with Crippen molar-refractivity contribution in [2.45, 2.75) is 37.1 Å². The van der Waals surface area contributed by atoms with Gasteiger partial charge in [-0.1, -0.05) is 0 Å². The van der Waals surface area contributed by atoms with Crippen molar-refractivity contribution >= 4 is 17.5 Å². The van der Waals surface area contributed by atoms with Gasteiger partial charge in [-0.2, -0.15) is 0 Å². The molecular weight excluding hydrogens is 428 g/mol. The fraction of sp³-hybridized carbons (Fsp3) is 0.417. The third kappa shape index (κ3) is 4.09. The lowest BCUT2D eigenvalue weighted by Crippen LogP contribution is -2.47. The minimum Gasteiger partial charge on any atom is -0.487 e. The van der Waals surface area contributed by atoms with E-state index in [0.717, 1.165) is 5.56 Å². The molecule has 0 radical (unpaired) electrons. The van der Waals surface area contributed by atoms with Crippen molar-refractivity contribution in [2.75, 3.05) is 32.8 Å². The third-order valence-corrected chi connectivity index (χ3v) is 6.29. The van der Waals surface area contributed by atoms with Crippen LogP contribution < -0.4 is 19.5 Å². The lowest BCUT2D eigenvalue weighted by atomic mass is 9.84. The van der Waals surface area contributed by atoms with E-state index in [2.05, 4.69) is 5.32 Å². The largest absolute Gasteiger partial charge is 0.487 e. The molecule has 9 heteroatoms. The number of anilines is 1. The molecule has 174 valence electrons. The maximum absolute atomic E-state index is 12.8.